The van der Waals surface area contributed by atoms with Crippen LogP contribution >= 0.6 is 11.6 Å². The number of anilines is 1. The summed E-state index contributed by atoms with van der Waals surface area (Å²) in [6.07, 6.45) is 0.359. The van der Waals surface area contributed by atoms with Crippen LogP contribution < -0.4 is 4.90 Å². The number of rotatable bonds is 2. The van der Waals surface area contributed by atoms with Gasteiger partial charge in [-0.2, -0.15) is 5.26 Å². The number of hydrogen-bond donors (Lipinski definition) is 0. The summed E-state index contributed by atoms with van der Waals surface area (Å²) in [4.78, 5) is 6.57. The first-order valence-electron chi connectivity index (χ1n) is 5.67. The predicted octanol–water partition coefficient (Wildman–Crippen LogP) is 3.33. The number of nitrogens with zero attached hydrogens (tertiary/aromatic N) is 3. The molecule has 18 heavy (non-hydrogen) atoms. The summed E-state index contributed by atoms with van der Waals surface area (Å²) < 4.78 is 0. The summed E-state index contributed by atoms with van der Waals surface area (Å²) in [6.45, 7) is 1.96. The summed E-state index contributed by atoms with van der Waals surface area (Å²) >= 11 is 6.11. The van der Waals surface area contributed by atoms with E-state index in [4.69, 9.17) is 16.9 Å². The number of nitriles is 1. The number of pyridine rings is 1. The second-order valence-electron chi connectivity index (χ2n) is 4.44. The van der Waals surface area contributed by atoms with Crippen molar-refractivity contribution in [2.24, 2.45) is 0 Å². The zero-order valence-electron chi connectivity index (χ0n) is 10.7. The smallest absolute Gasteiger partial charge is 0.133 e. The second-order valence-corrected chi connectivity index (χ2v) is 4.85. The molecule has 0 radical (unpaired) electrons. The van der Waals surface area contributed by atoms with Crippen LogP contribution in [0.1, 0.15) is 11.1 Å². The molecule has 0 amide bonds. The molecule has 0 aliphatic heterocycles. The van der Waals surface area contributed by atoms with Crippen molar-refractivity contribution in [1.82, 2.24) is 4.98 Å². The Bertz CT molecular complexity index is 642. The molecular weight excluding hydrogens is 246 g/mol. The summed E-state index contributed by atoms with van der Waals surface area (Å²) in [5.74, 6) is 0.828. The summed E-state index contributed by atoms with van der Waals surface area (Å²) in [5, 5.41) is 10.6. The van der Waals surface area contributed by atoms with E-state index in [9.17, 15) is 0 Å². The van der Waals surface area contributed by atoms with Crippen LogP contribution in [-0.2, 0) is 6.42 Å². The van der Waals surface area contributed by atoms with Gasteiger partial charge in [-0.25, -0.2) is 4.98 Å². The summed E-state index contributed by atoms with van der Waals surface area (Å²) in [7, 11) is 3.85. The average Bonchev–Trinajstić information content (AvgIpc) is 2.34. The maximum absolute atomic E-state index is 8.88. The van der Waals surface area contributed by atoms with E-state index >= 15 is 0 Å². The Labute approximate surface area is 112 Å². The number of halogens is 1. The molecule has 0 fully saturated rings. The first-order chi connectivity index (χ1) is 8.54. The van der Waals surface area contributed by atoms with Gasteiger partial charge in [-0.15, -0.1) is 0 Å². The lowest BCUT2D eigenvalue weighted by Gasteiger charge is -2.17. The van der Waals surface area contributed by atoms with Gasteiger partial charge in [0.25, 0.3) is 0 Å². The van der Waals surface area contributed by atoms with Crippen LogP contribution in [0.2, 0.25) is 5.02 Å². The molecule has 1 heterocycles. The molecule has 2 aromatic rings. The Morgan fingerprint density at radius 3 is 2.72 bits per heavy atom. The zero-order valence-corrected chi connectivity index (χ0v) is 11.4. The van der Waals surface area contributed by atoms with E-state index in [0.29, 0.717) is 11.4 Å². The molecule has 0 spiro atoms. The van der Waals surface area contributed by atoms with Crippen LogP contribution in [0.3, 0.4) is 0 Å². The quantitative estimate of drug-likeness (QED) is 0.831. The number of hydrogen-bond acceptors (Lipinski definition) is 3. The van der Waals surface area contributed by atoms with E-state index in [0.717, 1.165) is 27.8 Å². The average molecular weight is 260 g/mol. The van der Waals surface area contributed by atoms with Crippen molar-refractivity contribution in [2.45, 2.75) is 13.3 Å². The first kappa shape index (κ1) is 12.7. The molecule has 0 aliphatic carbocycles. The predicted molar refractivity (Wildman–Crippen MR) is 75.1 cm³/mol. The molecule has 0 atom stereocenters. The van der Waals surface area contributed by atoms with E-state index in [1.807, 2.05) is 44.1 Å². The summed E-state index contributed by atoms with van der Waals surface area (Å²) in [5.41, 5.74) is 2.81. The molecule has 2 rings (SSSR count). The Morgan fingerprint density at radius 2 is 2.11 bits per heavy atom. The Balaban J connectivity index is 2.77. The van der Waals surface area contributed by atoms with Crippen LogP contribution in [0, 0.1) is 18.3 Å². The van der Waals surface area contributed by atoms with E-state index in [1.54, 1.807) is 0 Å². The highest BCUT2D eigenvalue weighted by Gasteiger charge is 2.11. The number of aromatic nitrogens is 1. The van der Waals surface area contributed by atoms with Crippen LogP contribution in [0.25, 0.3) is 10.9 Å². The van der Waals surface area contributed by atoms with E-state index in [-0.39, 0.29) is 0 Å². The largest absolute Gasteiger partial charge is 0.362 e. The van der Waals surface area contributed by atoms with Crippen molar-refractivity contribution in [3.63, 3.8) is 0 Å². The van der Waals surface area contributed by atoms with Gasteiger partial charge in [0.15, 0.2) is 0 Å². The molecule has 0 aliphatic rings. The van der Waals surface area contributed by atoms with Crippen molar-refractivity contribution < 1.29 is 0 Å². The standard InChI is InChI=1S/C14H14ClN3/c1-9-12(15)5-4-10-8-11(6-7-16)14(18(2)3)17-13(9)10/h4-5,8H,6H2,1-3H3. The van der Waals surface area contributed by atoms with Gasteiger partial charge in [0.1, 0.15) is 5.82 Å². The van der Waals surface area contributed by atoms with Crippen molar-refractivity contribution in [2.75, 3.05) is 19.0 Å². The fraction of sp³-hybridized carbons (Fsp3) is 0.286. The zero-order chi connectivity index (χ0) is 13.3. The second kappa shape index (κ2) is 4.83. The van der Waals surface area contributed by atoms with Crippen molar-refractivity contribution in [1.29, 1.82) is 5.26 Å². The van der Waals surface area contributed by atoms with Gasteiger partial charge < -0.3 is 4.90 Å². The molecule has 1 aromatic heterocycles. The Morgan fingerprint density at radius 1 is 1.39 bits per heavy atom. The number of benzene rings is 1. The van der Waals surface area contributed by atoms with Gasteiger partial charge in [0.05, 0.1) is 18.0 Å². The molecule has 92 valence electrons. The van der Waals surface area contributed by atoms with E-state index in [1.165, 1.54) is 0 Å². The fourth-order valence-corrected chi connectivity index (χ4v) is 2.15. The van der Waals surface area contributed by atoms with Gasteiger partial charge in [-0.1, -0.05) is 17.7 Å². The van der Waals surface area contributed by atoms with Crippen LogP contribution in [0.4, 0.5) is 5.82 Å². The molecule has 0 saturated carbocycles. The van der Waals surface area contributed by atoms with Crippen molar-refractivity contribution in [3.8, 4) is 6.07 Å². The lowest BCUT2D eigenvalue weighted by molar-refractivity contribution is 1.05. The van der Waals surface area contributed by atoms with Crippen molar-refractivity contribution in [3.05, 3.63) is 34.3 Å². The third-order valence-corrected chi connectivity index (χ3v) is 3.33. The molecule has 0 saturated heterocycles. The molecule has 0 unspecified atom stereocenters. The molecular formula is C14H14ClN3. The lowest BCUT2D eigenvalue weighted by Crippen LogP contribution is -2.13. The van der Waals surface area contributed by atoms with Gasteiger partial charge >= 0.3 is 0 Å². The molecule has 1 aromatic carbocycles. The van der Waals surface area contributed by atoms with E-state index in [2.05, 4.69) is 11.1 Å². The molecule has 0 bridgehead atoms. The normalized spacial score (nSPS) is 10.4. The topological polar surface area (TPSA) is 39.9 Å². The molecule has 4 heteroatoms. The van der Waals surface area contributed by atoms with Gasteiger partial charge in [0, 0.05) is 30.1 Å². The van der Waals surface area contributed by atoms with Crippen LogP contribution in [0.15, 0.2) is 18.2 Å². The van der Waals surface area contributed by atoms with E-state index < -0.39 is 0 Å². The molecule has 0 N–H and O–H groups in total. The highest BCUT2D eigenvalue weighted by molar-refractivity contribution is 6.32. The third kappa shape index (κ3) is 2.12. The minimum Gasteiger partial charge on any atom is -0.362 e. The molecule has 3 nitrogen and oxygen atoms in total. The Kier molecular flexibility index (Phi) is 3.40. The summed E-state index contributed by atoms with van der Waals surface area (Å²) in [6, 6.07) is 8.01. The SMILES string of the molecule is Cc1c(Cl)ccc2cc(CC#N)c(N(C)C)nc12. The van der Waals surface area contributed by atoms with Gasteiger partial charge in [0.2, 0.25) is 0 Å². The number of fused-ring (bicyclic) bond motifs is 1. The minimum absolute atomic E-state index is 0.359. The fourth-order valence-electron chi connectivity index (χ4n) is 1.99. The lowest BCUT2D eigenvalue weighted by atomic mass is 10.1. The maximum atomic E-state index is 8.88. The minimum atomic E-state index is 0.359. The maximum Gasteiger partial charge on any atom is 0.133 e. The number of aryl methyl sites for hydroxylation is 1. The third-order valence-electron chi connectivity index (χ3n) is 2.92. The van der Waals surface area contributed by atoms with Crippen molar-refractivity contribution >= 4 is 28.3 Å². The van der Waals surface area contributed by atoms with Gasteiger partial charge in [-0.05, 0) is 24.6 Å². The Hall–Kier alpha value is -1.79. The van der Waals surface area contributed by atoms with Crippen LogP contribution in [-0.4, -0.2) is 19.1 Å². The van der Waals surface area contributed by atoms with Gasteiger partial charge in [-0.3, -0.25) is 0 Å². The highest BCUT2D eigenvalue weighted by Crippen LogP contribution is 2.28. The highest BCUT2D eigenvalue weighted by atomic mass is 35.5. The van der Waals surface area contributed by atoms with Crippen LogP contribution in [0.5, 0.6) is 0 Å². The first-order valence-corrected chi connectivity index (χ1v) is 6.05. The monoisotopic (exact) mass is 259 g/mol.